The second kappa shape index (κ2) is 8.38. The van der Waals surface area contributed by atoms with E-state index in [1.807, 2.05) is 0 Å². The summed E-state index contributed by atoms with van der Waals surface area (Å²) >= 11 is 0. The normalized spacial score (nSPS) is 36.4. The fraction of sp³-hybridized carbons (Fsp3) is 1.00. The molecule has 4 atom stereocenters. The van der Waals surface area contributed by atoms with Crippen molar-refractivity contribution in [2.45, 2.75) is 24.1 Å². The molecule has 1 rings (SSSR count). The van der Waals surface area contributed by atoms with Gasteiger partial charge in [0.05, 0.1) is 14.4 Å². The maximum absolute atomic E-state index is 10.2. The minimum absolute atomic E-state index is 0. The molecule has 96 valence electrons. The molecule has 4 N–H and O–H groups in total. The van der Waals surface area contributed by atoms with Gasteiger partial charge in [-0.3, -0.25) is 0 Å². The van der Waals surface area contributed by atoms with Gasteiger partial charge in [-0.1, -0.05) is 0 Å². The van der Waals surface area contributed by atoms with E-state index in [-0.39, 0.29) is 59.1 Å². The van der Waals surface area contributed by atoms with Gasteiger partial charge in [0.25, 0.3) is 0 Å². The predicted molar refractivity (Wildman–Crippen MR) is 42.5 cm³/mol. The van der Waals surface area contributed by atoms with E-state index in [1.54, 1.807) is 0 Å². The van der Waals surface area contributed by atoms with Gasteiger partial charge in [-0.15, -0.1) is 0 Å². The van der Waals surface area contributed by atoms with Gasteiger partial charge in [0.2, 0.25) is 5.79 Å². The van der Waals surface area contributed by atoms with Gasteiger partial charge in [-0.2, -0.15) is 0 Å². The van der Waals surface area contributed by atoms with Crippen LogP contribution < -0.4 is 68.9 Å². The van der Waals surface area contributed by atoms with Crippen molar-refractivity contribution in [3.63, 3.8) is 0 Å². The Kier molecular flexibility index (Phi) is 10.3. The number of aliphatic hydroxyl groups excluding tert-OH is 3. The Morgan fingerprint density at radius 3 is 2.28 bits per heavy atom. The average molecular weight is 304 g/mol. The summed E-state index contributed by atoms with van der Waals surface area (Å²) in [6.07, 6.45) is -5.16. The molecule has 0 aromatic rings. The summed E-state index contributed by atoms with van der Waals surface area (Å²) in [5.74, 6) is -2.55. The van der Waals surface area contributed by atoms with Gasteiger partial charge in [0, 0.05) is 0 Å². The van der Waals surface area contributed by atoms with Gasteiger partial charge in [-0.25, -0.2) is 0 Å². The third-order valence-electron chi connectivity index (χ3n) is 2.11. The van der Waals surface area contributed by atoms with Crippen molar-refractivity contribution < 1.29 is 103 Å². The van der Waals surface area contributed by atoms with Crippen molar-refractivity contribution in [3.8, 4) is 0 Å². The molecule has 0 aromatic carbocycles. The summed E-state index contributed by atoms with van der Waals surface area (Å²) in [6, 6.07) is 0. The molecule has 0 radical (unpaired) electrons. The smallest absolute Gasteiger partial charge is 0.790 e. The second-order valence-corrected chi connectivity index (χ2v) is 4.53. The number of hydrogen-bond donors (Lipinski definition) is 4. The third-order valence-corrected chi connectivity index (χ3v) is 2.56. The molecule has 1 saturated heterocycles. The van der Waals surface area contributed by atoms with E-state index in [0.29, 0.717) is 0 Å². The van der Waals surface area contributed by atoms with Crippen LogP contribution in [0.2, 0.25) is 0 Å². The number of aliphatic hydroxyl groups is 4. The molecule has 1 aliphatic heterocycles. The Hall–Kier alpha value is 1.91. The molecule has 18 heavy (non-hydrogen) atoms. The fourth-order valence-corrected chi connectivity index (χ4v) is 1.53. The maximum atomic E-state index is 10.2. The summed E-state index contributed by atoms with van der Waals surface area (Å²) in [6.45, 7) is -1.71. The summed E-state index contributed by atoms with van der Waals surface area (Å²) in [5.41, 5.74) is 0. The van der Waals surface area contributed by atoms with Crippen molar-refractivity contribution in [1.82, 2.24) is 0 Å². The topological polar surface area (TPSA) is 163 Å². The maximum Gasteiger partial charge on any atom is 1.00 e. The number of hydrogen-bond acceptors (Lipinski definition) is 9. The monoisotopic (exact) mass is 304 g/mol. The van der Waals surface area contributed by atoms with E-state index in [9.17, 15) is 29.7 Å². The Labute approximate surface area is 147 Å². The van der Waals surface area contributed by atoms with Crippen LogP contribution >= 0.6 is 7.82 Å². The first-order valence-electron chi connectivity index (χ1n) is 4.23. The minimum atomic E-state index is -5.33. The molecule has 1 fully saturated rings. The van der Waals surface area contributed by atoms with Gasteiger partial charge in [-0.05, 0) is 0 Å². The Bertz CT molecular complexity index is 299. The zero-order valence-corrected chi connectivity index (χ0v) is 14.8. The van der Waals surface area contributed by atoms with Crippen LogP contribution in [0.25, 0.3) is 0 Å². The molecular weight excluding hydrogens is 293 g/mol. The zero-order valence-electron chi connectivity index (χ0n) is 9.92. The van der Waals surface area contributed by atoms with Crippen LogP contribution in [-0.2, 0) is 13.8 Å². The first kappa shape index (κ1) is 22.2. The Morgan fingerprint density at radius 1 is 1.33 bits per heavy atom. The molecule has 0 aliphatic carbocycles. The molecule has 0 amide bonds. The van der Waals surface area contributed by atoms with Gasteiger partial charge in [0.1, 0.15) is 24.9 Å². The van der Waals surface area contributed by atoms with Crippen molar-refractivity contribution in [3.05, 3.63) is 0 Å². The quantitative estimate of drug-likeness (QED) is 0.293. The van der Waals surface area contributed by atoms with E-state index in [1.165, 1.54) is 0 Å². The summed E-state index contributed by atoms with van der Waals surface area (Å²) < 4.78 is 18.4. The van der Waals surface area contributed by atoms with E-state index in [4.69, 9.17) is 5.11 Å². The van der Waals surface area contributed by atoms with Crippen LogP contribution in [0.5, 0.6) is 0 Å². The van der Waals surface area contributed by atoms with E-state index < -0.39 is 45.1 Å². The zero-order chi connectivity index (χ0) is 12.6. The largest absolute Gasteiger partial charge is 1.00 e. The summed E-state index contributed by atoms with van der Waals surface area (Å²) in [5, 5.41) is 37.1. The van der Waals surface area contributed by atoms with Crippen LogP contribution in [0.15, 0.2) is 0 Å². The van der Waals surface area contributed by atoms with Crippen LogP contribution in [0.4, 0.5) is 0 Å². The van der Waals surface area contributed by atoms with Gasteiger partial charge >= 0.3 is 59.1 Å². The van der Waals surface area contributed by atoms with Crippen LogP contribution in [0.1, 0.15) is 0 Å². The molecule has 0 saturated carbocycles. The van der Waals surface area contributed by atoms with Crippen molar-refractivity contribution in [2.24, 2.45) is 0 Å². The van der Waals surface area contributed by atoms with Crippen molar-refractivity contribution in [1.29, 1.82) is 0 Å². The molecule has 9 nitrogen and oxygen atoms in total. The van der Waals surface area contributed by atoms with Crippen molar-refractivity contribution in [2.75, 3.05) is 13.2 Å². The van der Waals surface area contributed by atoms with Crippen LogP contribution in [0, 0.1) is 0 Å². The number of phosphoric acid groups is 1. The van der Waals surface area contributed by atoms with Gasteiger partial charge < -0.3 is 44.0 Å². The first-order chi connectivity index (χ1) is 7.16. The van der Waals surface area contributed by atoms with E-state index in [0.717, 1.165) is 0 Å². The molecule has 12 heteroatoms. The second-order valence-electron chi connectivity index (χ2n) is 3.38. The van der Waals surface area contributed by atoms with E-state index >= 15 is 0 Å². The third kappa shape index (κ3) is 6.13. The van der Waals surface area contributed by atoms with Gasteiger partial charge in [0.15, 0.2) is 0 Å². The molecule has 1 unspecified atom stereocenters. The van der Waals surface area contributed by atoms with E-state index in [2.05, 4.69) is 9.26 Å². The molecular formula is C6H11Na2O9P. The predicted octanol–water partition coefficient (Wildman–Crippen LogP) is -10.4. The Morgan fingerprint density at radius 2 is 1.83 bits per heavy atom. The molecule has 0 bridgehead atoms. The van der Waals surface area contributed by atoms with Crippen LogP contribution in [-0.4, -0.2) is 57.7 Å². The molecule has 0 aromatic heterocycles. The summed E-state index contributed by atoms with van der Waals surface area (Å²) in [7, 11) is -5.33. The SMILES string of the molecule is O=P([O-])([O-])OCC1(O)OC[C@H](O)[C@H](O)[C@H]1O.[Na+].[Na+]. The van der Waals surface area contributed by atoms with Crippen LogP contribution in [0.3, 0.4) is 0 Å². The fourth-order valence-electron chi connectivity index (χ4n) is 1.19. The molecule has 1 heterocycles. The Balaban J connectivity index is 0. The first-order valence-corrected chi connectivity index (χ1v) is 5.69. The minimum Gasteiger partial charge on any atom is -0.790 e. The standard InChI is InChI=1S/C6H13O9P.2Na/c7-3-1-14-6(10,5(9)4(3)8)2-15-16(11,12)13;;/h3-5,7-10H,1-2H2,(H2,11,12,13);;/q;2*+1/p-2/t3-,4-,5+,6?;;/m0../s1. The van der Waals surface area contributed by atoms with Crippen molar-refractivity contribution >= 4 is 7.82 Å². The number of rotatable bonds is 3. The summed E-state index contributed by atoms with van der Waals surface area (Å²) in [4.78, 5) is 20.3. The number of ether oxygens (including phenoxy) is 1. The number of phosphoric ester groups is 1. The average Bonchev–Trinajstić information content (AvgIpc) is 2.18. The molecule has 0 spiro atoms. The molecule has 1 aliphatic rings.